The predicted octanol–water partition coefficient (Wildman–Crippen LogP) is 2.11. The van der Waals surface area contributed by atoms with E-state index in [0.717, 1.165) is 29.5 Å². The van der Waals surface area contributed by atoms with Crippen LogP contribution in [-0.2, 0) is 11.3 Å². The third-order valence-corrected chi connectivity index (χ3v) is 4.17. The summed E-state index contributed by atoms with van der Waals surface area (Å²) in [7, 11) is 3.19. The molecule has 1 aliphatic rings. The van der Waals surface area contributed by atoms with Crippen molar-refractivity contribution in [3.63, 3.8) is 0 Å². The summed E-state index contributed by atoms with van der Waals surface area (Å²) in [5, 5.41) is 6.15. The van der Waals surface area contributed by atoms with E-state index in [1.165, 1.54) is 0 Å². The first-order valence-corrected chi connectivity index (χ1v) is 7.33. The molecule has 1 aliphatic heterocycles. The lowest BCUT2D eigenvalue weighted by atomic mass is 10.1. The molecule has 118 valence electrons. The number of nitrogens with one attached hydrogen (secondary N) is 2. The summed E-state index contributed by atoms with van der Waals surface area (Å²) >= 11 is 3.49. The largest absolute Gasteiger partial charge is 0.493 e. The zero-order chi connectivity index (χ0) is 14.5. The molecule has 5 nitrogen and oxygen atoms in total. The van der Waals surface area contributed by atoms with Crippen LogP contribution in [0.4, 0.5) is 0 Å². The fourth-order valence-corrected chi connectivity index (χ4v) is 2.70. The van der Waals surface area contributed by atoms with E-state index in [1.807, 2.05) is 12.1 Å². The Morgan fingerprint density at radius 2 is 2.05 bits per heavy atom. The number of hydrogen-bond acceptors (Lipinski definition) is 4. The Hall–Kier alpha value is -0.980. The van der Waals surface area contributed by atoms with Crippen molar-refractivity contribution < 1.29 is 14.3 Å². The molecular weight excluding hydrogens is 360 g/mol. The van der Waals surface area contributed by atoms with Crippen LogP contribution in [0.2, 0.25) is 0 Å². The van der Waals surface area contributed by atoms with Crippen molar-refractivity contribution in [2.24, 2.45) is 5.92 Å². The molecule has 1 heterocycles. The highest BCUT2D eigenvalue weighted by molar-refractivity contribution is 9.10. The highest BCUT2D eigenvalue weighted by Gasteiger charge is 2.22. The van der Waals surface area contributed by atoms with Crippen molar-refractivity contribution in [2.75, 3.05) is 27.3 Å². The van der Waals surface area contributed by atoms with Crippen LogP contribution in [0, 0.1) is 5.92 Å². The van der Waals surface area contributed by atoms with Crippen molar-refractivity contribution in [1.82, 2.24) is 10.6 Å². The number of rotatable bonds is 5. The van der Waals surface area contributed by atoms with Gasteiger partial charge in [-0.05, 0) is 30.7 Å². The van der Waals surface area contributed by atoms with Gasteiger partial charge in [-0.1, -0.05) is 15.9 Å². The first-order valence-electron chi connectivity index (χ1n) is 6.54. The Labute approximate surface area is 139 Å². The van der Waals surface area contributed by atoms with Crippen molar-refractivity contribution in [1.29, 1.82) is 0 Å². The third-order valence-electron chi connectivity index (χ3n) is 3.44. The third kappa shape index (κ3) is 4.49. The number of amides is 1. The van der Waals surface area contributed by atoms with Crippen LogP contribution in [0.5, 0.6) is 11.5 Å². The highest BCUT2D eigenvalue weighted by atomic mass is 79.9. The molecule has 1 amide bonds. The van der Waals surface area contributed by atoms with E-state index in [2.05, 4.69) is 26.6 Å². The van der Waals surface area contributed by atoms with Gasteiger partial charge in [0.15, 0.2) is 11.5 Å². The fourth-order valence-electron chi connectivity index (χ4n) is 2.24. The molecule has 0 aliphatic carbocycles. The molecule has 1 saturated heterocycles. The molecule has 0 saturated carbocycles. The van der Waals surface area contributed by atoms with Crippen LogP contribution < -0.4 is 20.1 Å². The monoisotopic (exact) mass is 378 g/mol. The summed E-state index contributed by atoms with van der Waals surface area (Å²) < 4.78 is 11.4. The van der Waals surface area contributed by atoms with Gasteiger partial charge in [0, 0.05) is 17.6 Å². The smallest absolute Gasteiger partial charge is 0.224 e. The number of hydrogen-bond donors (Lipinski definition) is 2. The quantitative estimate of drug-likeness (QED) is 0.823. The maximum absolute atomic E-state index is 12.0. The Morgan fingerprint density at radius 1 is 1.38 bits per heavy atom. The van der Waals surface area contributed by atoms with Crippen LogP contribution >= 0.6 is 28.3 Å². The van der Waals surface area contributed by atoms with Crippen molar-refractivity contribution >= 4 is 34.2 Å². The molecule has 0 bridgehead atoms. The fraction of sp³-hybridized carbons (Fsp3) is 0.500. The zero-order valence-corrected chi connectivity index (χ0v) is 14.5. The van der Waals surface area contributed by atoms with Crippen LogP contribution in [0.15, 0.2) is 16.6 Å². The van der Waals surface area contributed by atoms with E-state index in [1.54, 1.807) is 14.2 Å². The molecule has 1 aromatic carbocycles. The highest BCUT2D eigenvalue weighted by Crippen LogP contribution is 2.33. The van der Waals surface area contributed by atoms with Gasteiger partial charge in [-0.15, -0.1) is 12.4 Å². The van der Waals surface area contributed by atoms with E-state index in [9.17, 15) is 4.79 Å². The second kappa shape index (κ2) is 8.46. The SMILES string of the molecule is COc1cc(Br)c(CNC(=O)C2CCNC2)cc1OC.Cl. The normalized spacial score (nSPS) is 17.0. The number of carbonyl (C=O) groups is 1. The lowest BCUT2D eigenvalue weighted by Crippen LogP contribution is -2.31. The van der Waals surface area contributed by atoms with Gasteiger partial charge in [0.05, 0.1) is 20.1 Å². The summed E-state index contributed by atoms with van der Waals surface area (Å²) in [6.45, 7) is 2.15. The molecule has 0 spiro atoms. The minimum atomic E-state index is 0. The lowest BCUT2D eigenvalue weighted by molar-refractivity contribution is -0.124. The van der Waals surface area contributed by atoms with Crippen LogP contribution in [0.3, 0.4) is 0 Å². The Morgan fingerprint density at radius 3 is 2.62 bits per heavy atom. The van der Waals surface area contributed by atoms with Gasteiger partial charge in [0.25, 0.3) is 0 Å². The number of ether oxygens (including phenoxy) is 2. The average Bonchev–Trinajstić information content (AvgIpc) is 2.99. The molecule has 2 rings (SSSR count). The predicted molar refractivity (Wildman–Crippen MR) is 87.3 cm³/mol. The Kier molecular flexibility index (Phi) is 7.28. The summed E-state index contributed by atoms with van der Waals surface area (Å²) in [6.07, 6.45) is 0.902. The summed E-state index contributed by atoms with van der Waals surface area (Å²) in [6, 6.07) is 3.72. The molecule has 0 radical (unpaired) electrons. The minimum absolute atomic E-state index is 0. The molecule has 1 unspecified atom stereocenters. The first-order chi connectivity index (χ1) is 9.65. The summed E-state index contributed by atoms with van der Waals surface area (Å²) in [5.41, 5.74) is 0.960. The Bertz CT molecular complexity index is 493. The topological polar surface area (TPSA) is 59.6 Å². The van der Waals surface area contributed by atoms with Crippen LogP contribution in [0.1, 0.15) is 12.0 Å². The molecule has 7 heteroatoms. The van der Waals surface area contributed by atoms with Gasteiger partial charge in [0.2, 0.25) is 5.91 Å². The van der Waals surface area contributed by atoms with Crippen molar-refractivity contribution in [3.8, 4) is 11.5 Å². The van der Waals surface area contributed by atoms with E-state index in [4.69, 9.17) is 9.47 Å². The van der Waals surface area contributed by atoms with Gasteiger partial charge < -0.3 is 20.1 Å². The van der Waals surface area contributed by atoms with Gasteiger partial charge in [-0.2, -0.15) is 0 Å². The van der Waals surface area contributed by atoms with Gasteiger partial charge >= 0.3 is 0 Å². The summed E-state index contributed by atoms with van der Waals surface area (Å²) in [5.74, 6) is 1.49. The molecule has 1 atom stereocenters. The number of benzene rings is 1. The van der Waals surface area contributed by atoms with Gasteiger partial charge in [-0.25, -0.2) is 0 Å². The second-order valence-corrected chi connectivity index (χ2v) is 5.56. The Balaban J connectivity index is 0.00000220. The minimum Gasteiger partial charge on any atom is -0.493 e. The molecule has 1 fully saturated rings. The number of methoxy groups -OCH3 is 2. The van der Waals surface area contributed by atoms with Crippen molar-refractivity contribution in [2.45, 2.75) is 13.0 Å². The van der Waals surface area contributed by atoms with E-state index < -0.39 is 0 Å². The molecular formula is C14H20BrClN2O3. The standard InChI is InChI=1S/C14H19BrN2O3.ClH/c1-19-12-5-10(11(15)6-13(12)20-2)8-17-14(18)9-3-4-16-7-9;/h5-6,9,16H,3-4,7-8H2,1-2H3,(H,17,18);1H. The molecule has 21 heavy (non-hydrogen) atoms. The number of halogens is 2. The second-order valence-electron chi connectivity index (χ2n) is 4.71. The maximum Gasteiger partial charge on any atom is 0.224 e. The van der Waals surface area contributed by atoms with Gasteiger partial charge in [-0.3, -0.25) is 4.79 Å². The van der Waals surface area contributed by atoms with E-state index >= 15 is 0 Å². The van der Waals surface area contributed by atoms with Gasteiger partial charge in [0.1, 0.15) is 0 Å². The lowest BCUT2D eigenvalue weighted by Gasteiger charge is -2.14. The zero-order valence-electron chi connectivity index (χ0n) is 12.1. The molecule has 0 aromatic heterocycles. The van der Waals surface area contributed by atoms with E-state index in [-0.39, 0.29) is 24.2 Å². The van der Waals surface area contributed by atoms with Crippen LogP contribution in [-0.4, -0.2) is 33.2 Å². The first kappa shape index (κ1) is 18.1. The van der Waals surface area contributed by atoms with E-state index in [0.29, 0.717) is 18.0 Å². The van der Waals surface area contributed by atoms with Crippen molar-refractivity contribution in [3.05, 3.63) is 22.2 Å². The summed E-state index contributed by atoms with van der Waals surface area (Å²) in [4.78, 5) is 12.0. The molecule has 1 aromatic rings. The maximum atomic E-state index is 12.0. The number of carbonyl (C=O) groups excluding carboxylic acids is 1. The van der Waals surface area contributed by atoms with Crippen LogP contribution in [0.25, 0.3) is 0 Å². The molecule has 2 N–H and O–H groups in total. The average molecular weight is 380 g/mol.